The molecule has 2 rings (SSSR count). The summed E-state index contributed by atoms with van der Waals surface area (Å²) in [6.45, 7) is 0. The second-order valence-electron chi connectivity index (χ2n) is 4.57. The minimum atomic E-state index is -0.723. The van der Waals surface area contributed by atoms with Gasteiger partial charge in [-0.1, -0.05) is 0 Å². The first kappa shape index (κ1) is 19.8. The Morgan fingerprint density at radius 2 is 1.54 bits per heavy atom. The molecule has 0 bridgehead atoms. The number of nitrogens with zero attached hydrogens (tertiary/aromatic N) is 2. The van der Waals surface area contributed by atoms with Crippen LogP contribution >= 0.6 is 0 Å². The van der Waals surface area contributed by atoms with E-state index < -0.39 is 63.1 Å². The van der Waals surface area contributed by atoms with Crippen molar-refractivity contribution in [2.45, 2.75) is 0 Å². The van der Waals surface area contributed by atoms with Crippen LogP contribution in [0.5, 0.6) is 0 Å². The molecule has 1 heterocycles. The Morgan fingerprint density at radius 1 is 1.00 bits per heavy atom. The fraction of sp³-hybridized carbons (Fsp3) is 0.143. The third-order valence-electron chi connectivity index (χ3n) is 3.05. The summed E-state index contributed by atoms with van der Waals surface area (Å²) in [6.07, 6.45) is 1.49. The van der Waals surface area contributed by atoms with E-state index in [1.54, 1.807) is 0 Å². The zero-order chi connectivity index (χ0) is 19.4. The Morgan fingerprint density at radius 3 is 1.96 bits per heavy atom. The number of nitro benzene ring substituents is 2. The Kier molecular flexibility index (Phi) is 6.27. The zero-order valence-electron chi connectivity index (χ0n) is 13.3. The van der Waals surface area contributed by atoms with Gasteiger partial charge in [0, 0.05) is 0 Å². The van der Waals surface area contributed by atoms with Crippen LogP contribution in [0.25, 0.3) is 6.08 Å². The van der Waals surface area contributed by atoms with Crippen LogP contribution in [0.3, 0.4) is 0 Å². The number of non-ortho nitro benzene ring substituents is 1. The minimum absolute atomic E-state index is 0.162. The normalized spacial score (nSPS) is 13.4. The van der Waals surface area contributed by atoms with Crippen molar-refractivity contribution in [2.75, 3.05) is 14.2 Å². The Balaban J connectivity index is 2.43. The van der Waals surface area contributed by atoms with Gasteiger partial charge in [0.25, 0.3) is 0 Å². The molecule has 1 aromatic carbocycles. The third-order valence-corrected chi connectivity index (χ3v) is 9.27. The molecular weight excluding hydrogens is 482 g/mol. The molecule has 0 fully saturated rings. The Labute approximate surface area is 158 Å². The van der Waals surface area contributed by atoms with Crippen LogP contribution in [0.2, 0.25) is 0 Å². The van der Waals surface area contributed by atoms with Crippen LogP contribution in [-0.4, -0.2) is 65.9 Å². The maximum atomic E-state index is 11.9. The summed E-state index contributed by atoms with van der Waals surface area (Å²) in [5.74, 6) is -1.29. The molecule has 26 heavy (non-hydrogen) atoms. The molecule has 0 aliphatic carbocycles. The van der Waals surface area contributed by atoms with Gasteiger partial charge in [0.1, 0.15) is 0 Å². The van der Waals surface area contributed by atoms with Gasteiger partial charge < -0.3 is 0 Å². The predicted octanol–water partition coefficient (Wildman–Crippen LogP) is 0.781. The van der Waals surface area contributed by atoms with Gasteiger partial charge in [0.05, 0.1) is 0 Å². The number of esters is 2. The molecule has 0 saturated heterocycles. The summed E-state index contributed by atoms with van der Waals surface area (Å²) in [4.78, 5) is 44.3. The summed E-state index contributed by atoms with van der Waals surface area (Å²) in [6, 6.07) is 3.30. The summed E-state index contributed by atoms with van der Waals surface area (Å²) < 4.78 is 10.4. The van der Waals surface area contributed by atoms with Crippen LogP contribution in [-0.2, 0) is 19.1 Å². The number of benzene rings is 1. The van der Waals surface area contributed by atoms with Crippen molar-refractivity contribution in [3.05, 3.63) is 56.3 Å². The molecule has 0 aromatic heterocycles. The second kappa shape index (κ2) is 8.24. The van der Waals surface area contributed by atoms with E-state index in [9.17, 15) is 29.8 Å². The fourth-order valence-corrected chi connectivity index (χ4v) is 8.21. The van der Waals surface area contributed by atoms with Crippen LogP contribution in [0.1, 0.15) is 5.56 Å². The van der Waals surface area contributed by atoms with Gasteiger partial charge in [-0.25, -0.2) is 0 Å². The van der Waals surface area contributed by atoms with Crippen molar-refractivity contribution in [1.82, 2.24) is 0 Å². The first-order valence-corrected chi connectivity index (χ1v) is 10.1. The second-order valence-corrected chi connectivity index (χ2v) is 10.3. The molecule has 0 radical (unpaired) electrons. The average molecular weight is 492 g/mol. The molecular formula is C14H10N2O8Se2. The predicted molar refractivity (Wildman–Crippen MR) is 90.3 cm³/mol. The Bertz CT molecular complexity index is 848. The number of hydrogen-bond donors (Lipinski definition) is 0. The number of hydrogen-bond acceptors (Lipinski definition) is 8. The maximum absolute atomic E-state index is 11.9. The van der Waals surface area contributed by atoms with Gasteiger partial charge in [-0.05, 0) is 0 Å². The van der Waals surface area contributed by atoms with Gasteiger partial charge in [0.2, 0.25) is 0 Å². The van der Waals surface area contributed by atoms with E-state index >= 15 is 0 Å². The summed E-state index contributed by atoms with van der Waals surface area (Å²) in [7, 11) is 2.38. The molecule has 1 aliphatic heterocycles. The monoisotopic (exact) mass is 494 g/mol. The van der Waals surface area contributed by atoms with E-state index in [2.05, 4.69) is 9.47 Å². The standard InChI is InChI=1S/C14H10N2O8Se2/c1-23-13(17)11-12(14(18)24-2)26-10(25-11)5-7-3-4-8(15(19)20)6-9(7)16(21)22/h3-6H,1-2H3. The molecule has 1 aliphatic rings. The van der Waals surface area contributed by atoms with Gasteiger partial charge in [0.15, 0.2) is 0 Å². The van der Waals surface area contributed by atoms with Crippen LogP contribution in [0, 0.1) is 20.2 Å². The third kappa shape index (κ3) is 4.17. The molecule has 0 N–H and O–H groups in total. The molecule has 0 saturated carbocycles. The van der Waals surface area contributed by atoms with E-state index in [1.807, 2.05) is 0 Å². The zero-order valence-corrected chi connectivity index (χ0v) is 16.7. The van der Waals surface area contributed by atoms with Gasteiger partial charge in [-0.3, -0.25) is 0 Å². The fourth-order valence-electron chi connectivity index (χ4n) is 1.88. The number of ether oxygens (including phenoxy) is 2. The van der Waals surface area contributed by atoms with Crippen molar-refractivity contribution < 1.29 is 28.9 Å². The van der Waals surface area contributed by atoms with Crippen molar-refractivity contribution in [1.29, 1.82) is 0 Å². The Hall–Kier alpha value is -2.52. The molecule has 0 spiro atoms. The SMILES string of the molecule is COC(=O)C1=C(C(=O)OC)[Se]C(=Cc2ccc([N+](=O)[O-])cc2[N+](=O)[O-])[Se]1. The van der Waals surface area contributed by atoms with Crippen molar-refractivity contribution in [2.24, 2.45) is 0 Å². The summed E-state index contributed by atoms with van der Waals surface area (Å²) in [5.41, 5.74) is -0.663. The number of carbonyl (C=O) groups is 2. The van der Waals surface area contributed by atoms with E-state index in [-0.39, 0.29) is 14.5 Å². The van der Waals surface area contributed by atoms with Crippen LogP contribution < -0.4 is 0 Å². The quantitative estimate of drug-likeness (QED) is 0.255. The van der Waals surface area contributed by atoms with E-state index in [0.29, 0.717) is 3.37 Å². The molecule has 0 amide bonds. The average Bonchev–Trinajstić information content (AvgIpc) is 3.04. The number of methoxy groups -OCH3 is 2. The molecule has 1 aromatic rings. The van der Waals surface area contributed by atoms with Crippen LogP contribution in [0.15, 0.2) is 30.5 Å². The van der Waals surface area contributed by atoms with Gasteiger partial charge >= 0.3 is 159 Å². The van der Waals surface area contributed by atoms with E-state index in [4.69, 9.17) is 0 Å². The van der Waals surface area contributed by atoms with Crippen molar-refractivity contribution >= 4 is 59.3 Å². The van der Waals surface area contributed by atoms with E-state index in [0.717, 1.165) is 12.1 Å². The molecule has 12 heteroatoms. The number of rotatable bonds is 5. The first-order chi connectivity index (χ1) is 12.3. The van der Waals surface area contributed by atoms with Crippen LogP contribution in [0.4, 0.5) is 11.4 Å². The van der Waals surface area contributed by atoms with E-state index in [1.165, 1.54) is 26.4 Å². The summed E-state index contributed by atoms with van der Waals surface area (Å²) in [5, 5.41) is 22.0. The topological polar surface area (TPSA) is 139 Å². The molecule has 10 nitrogen and oxygen atoms in total. The van der Waals surface area contributed by atoms with Gasteiger partial charge in [-0.15, -0.1) is 0 Å². The first-order valence-electron chi connectivity index (χ1n) is 6.69. The van der Waals surface area contributed by atoms with Crippen molar-refractivity contribution in [3.63, 3.8) is 0 Å². The molecule has 0 atom stereocenters. The molecule has 136 valence electrons. The van der Waals surface area contributed by atoms with Crippen molar-refractivity contribution in [3.8, 4) is 0 Å². The number of carbonyl (C=O) groups excluding carboxylic acids is 2. The summed E-state index contributed by atoms with van der Waals surface area (Å²) >= 11 is -1.13. The number of nitro groups is 2. The van der Waals surface area contributed by atoms with Gasteiger partial charge in [-0.2, -0.15) is 0 Å². The molecule has 0 unspecified atom stereocenters.